The van der Waals surface area contributed by atoms with Crippen molar-refractivity contribution >= 4 is 0 Å². The number of hydrogen-bond acceptors (Lipinski definition) is 1. The van der Waals surface area contributed by atoms with Gasteiger partial charge >= 0.3 is 0 Å². The molecule has 0 saturated heterocycles. The van der Waals surface area contributed by atoms with Gasteiger partial charge in [0, 0.05) is 6.61 Å². The molecule has 0 aliphatic carbocycles. The summed E-state index contributed by atoms with van der Waals surface area (Å²) in [6.45, 7) is 7.65. The van der Waals surface area contributed by atoms with Crippen LogP contribution < -0.4 is 0 Å². The Morgan fingerprint density at radius 1 is 0.268 bits per heavy atom. The Bertz CT molecular complexity index is 381. The monoisotopic (exact) mass is 578 g/mol. The summed E-state index contributed by atoms with van der Waals surface area (Å²) < 4.78 is 5.76. The number of hydrogen-bond donors (Lipinski definition) is 0. The second-order valence-electron chi connectivity index (χ2n) is 13.5. The van der Waals surface area contributed by atoms with Gasteiger partial charge < -0.3 is 4.74 Å². The van der Waals surface area contributed by atoms with Crippen molar-refractivity contribution in [3.05, 3.63) is 6.61 Å². The van der Waals surface area contributed by atoms with Crippen LogP contribution in [0.1, 0.15) is 245 Å². The van der Waals surface area contributed by atoms with Gasteiger partial charge in [-0.25, -0.2) is 0 Å². The summed E-state index contributed by atoms with van der Waals surface area (Å²) in [6.07, 6.45) is 51.6. The average molecular weight is 578 g/mol. The first-order chi connectivity index (χ1) is 20.4. The highest BCUT2D eigenvalue weighted by Gasteiger charge is 1.97. The lowest BCUT2D eigenvalue weighted by Gasteiger charge is -2.05. The molecule has 0 spiro atoms. The highest BCUT2D eigenvalue weighted by atomic mass is 16.5. The average Bonchev–Trinajstić information content (AvgIpc) is 2.98. The van der Waals surface area contributed by atoms with E-state index in [0.29, 0.717) is 0 Å². The minimum atomic E-state index is 0.942. The van der Waals surface area contributed by atoms with E-state index in [1.165, 1.54) is 225 Å². The van der Waals surface area contributed by atoms with E-state index in [1.54, 1.807) is 0 Å². The fourth-order valence-electron chi connectivity index (χ4n) is 6.21. The molecule has 0 saturated carbocycles. The summed E-state index contributed by atoms with van der Waals surface area (Å²) >= 11 is 0. The molecule has 0 aliphatic rings. The van der Waals surface area contributed by atoms with Crippen molar-refractivity contribution in [1.29, 1.82) is 0 Å². The van der Waals surface area contributed by atoms with E-state index in [1.807, 2.05) is 0 Å². The zero-order valence-corrected chi connectivity index (χ0v) is 29.1. The van der Waals surface area contributed by atoms with E-state index in [4.69, 9.17) is 4.74 Å². The molecular weight excluding hydrogens is 496 g/mol. The Hall–Kier alpha value is -0.0400. The van der Waals surface area contributed by atoms with Gasteiger partial charge in [-0.3, -0.25) is 0 Å². The van der Waals surface area contributed by atoms with Crippen molar-refractivity contribution in [2.24, 2.45) is 0 Å². The van der Waals surface area contributed by atoms with Crippen LogP contribution in [-0.4, -0.2) is 6.61 Å². The van der Waals surface area contributed by atoms with Gasteiger partial charge in [0.1, 0.15) is 0 Å². The third-order valence-electron chi connectivity index (χ3n) is 9.16. The molecule has 41 heavy (non-hydrogen) atoms. The molecule has 0 aromatic rings. The first-order valence-corrected chi connectivity index (χ1v) is 19.8. The van der Waals surface area contributed by atoms with Crippen molar-refractivity contribution in [2.75, 3.05) is 6.61 Å². The first kappa shape index (κ1) is 41.0. The van der Waals surface area contributed by atoms with E-state index in [0.717, 1.165) is 13.0 Å². The second-order valence-corrected chi connectivity index (χ2v) is 13.5. The Kier molecular flexibility index (Phi) is 39.9. The van der Waals surface area contributed by atoms with Crippen LogP contribution in [0.25, 0.3) is 0 Å². The van der Waals surface area contributed by atoms with Crippen LogP contribution in [-0.2, 0) is 4.74 Å². The molecule has 0 atom stereocenters. The van der Waals surface area contributed by atoms with Gasteiger partial charge in [-0.15, -0.1) is 0 Å². The molecule has 0 aromatic heterocycles. The van der Waals surface area contributed by atoms with E-state index in [-0.39, 0.29) is 0 Å². The molecular formula is C40H81O. The predicted molar refractivity (Wildman–Crippen MR) is 188 cm³/mol. The SMILES string of the molecule is CCCCCCCCCCCCCCCCCCCCC[CH]OCCCCCCCCCCCCCCCCCC. The summed E-state index contributed by atoms with van der Waals surface area (Å²) in [5.41, 5.74) is 0. The lowest BCUT2D eigenvalue weighted by atomic mass is 10.0. The van der Waals surface area contributed by atoms with Crippen LogP contribution in [0.3, 0.4) is 0 Å². The number of ether oxygens (including phenoxy) is 1. The van der Waals surface area contributed by atoms with Crippen molar-refractivity contribution in [2.45, 2.75) is 245 Å². The van der Waals surface area contributed by atoms with Crippen molar-refractivity contribution in [3.63, 3.8) is 0 Å². The minimum Gasteiger partial charge on any atom is -0.376 e. The lowest BCUT2D eigenvalue weighted by molar-refractivity contribution is 0.183. The zero-order valence-electron chi connectivity index (χ0n) is 29.1. The third-order valence-corrected chi connectivity index (χ3v) is 9.16. The Balaban J connectivity index is 3.02. The van der Waals surface area contributed by atoms with Crippen LogP contribution in [0, 0.1) is 6.61 Å². The molecule has 1 heteroatoms. The van der Waals surface area contributed by atoms with Crippen LogP contribution >= 0.6 is 0 Å². The fourth-order valence-corrected chi connectivity index (χ4v) is 6.21. The van der Waals surface area contributed by atoms with Crippen molar-refractivity contribution in [1.82, 2.24) is 0 Å². The van der Waals surface area contributed by atoms with Gasteiger partial charge in [0.05, 0.1) is 6.61 Å². The highest BCUT2D eigenvalue weighted by molar-refractivity contribution is 4.55. The molecule has 1 radical (unpaired) electrons. The molecule has 0 amide bonds. The minimum absolute atomic E-state index is 0.942. The quantitative estimate of drug-likeness (QED) is 0.0663. The summed E-state index contributed by atoms with van der Waals surface area (Å²) in [5.74, 6) is 0. The molecule has 0 heterocycles. The second kappa shape index (κ2) is 40.0. The standard InChI is InChI=1S/C40H81O/c1-3-5-7-9-11-13-15-17-19-21-22-23-24-26-28-30-32-34-36-38-40-41-39-37-35-33-31-29-27-25-20-18-16-14-12-10-8-6-4-2/h40H,3-39H2,1-2H3. The van der Waals surface area contributed by atoms with Gasteiger partial charge in [0.15, 0.2) is 0 Å². The normalized spacial score (nSPS) is 11.6. The van der Waals surface area contributed by atoms with Crippen LogP contribution in [0.15, 0.2) is 0 Å². The Morgan fingerprint density at radius 3 is 0.756 bits per heavy atom. The van der Waals surface area contributed by atoms with Crippen LogP contribution in [0.2, 0.25) is 0 Å². The van der Waals surface area contributed by atoms with Gasteiger partial charge in [-0.05, 0) is 12.8 Å². The predicted octanol–water partition coefficient (Wildman–Crippen LogP) is 15.2. The molecule has 0 aliphatic heterocycles. The molecule has 0 fully saturated rings. The highest BCUT2D eigenvalue weighted by Crippen LogP contribution is 2.16. The van der Waals surface area contributed by atoms with Gasteiger partial charge in [-0.1, -0.05) is 232 Å². The maximum atomic E-state index is 5.76. The first-order valence-electron chi connectivity index (χ1n) is 19.8. The Morgan fingerprint density at radius 2 is 0.488 bits per heavy atom. The number of unbranched alkanes of at least 4 members (excludes halogenated alkanes) is 34. The largest absolute Gasteiger partial charge is 0.376 e. The maximum Gasteiger partial charge on any atom is 0.0836 e. The lowest BCUT2D eigenvalue weighted by Crippen LogP contribution is -1.92. The fraction of sp³-hybridized carbons (Fsp3) is 0.975. The van der Waals surface area contributed by atoms with E-state index in [2.05, 4.69) is 20.5 Å². The summed E-state index contributed by atoms with van der Waals surface area (Å²) in [5, 5.41) is 0. The Labute approximate surface area is 262 Å². The van der Waals surface area contributed by atoms with Crippen LogP contribution in [0.4, 0.5) is 0 Å². The van der Waals surface area contributed by atoms with E-state index in [9.17, 15) is 0 Å². The van der Waals surface area contributed by atoms with Gasteiger partial charge in [0.25, 0.3) is 0 Å². The van der Waals surface area contributed by atoms with Crippen LogP contribution in [0.5, 0.6) is 0 Å². The molecule has 0 bridgehead atoms. The van der Waals surface area contributed by atoms with E-state index < -0.39 is 0 Å². The number of rotatable bonds is 38. The topological polar surface area (TPSA) is 9.23 Å². The van der Waals surface area contributed by atoms with Gasteiger partial charge in [-0.2, -0.15) is 0 Å². The summed E-state index contributed by atoms with van der Waals surface area (Å²) in [6, 6.07) is 0. The molecule has 247 valence electrons. The molecule has 1 nitrogen and oxygen atoms in total. The molecule has 0 aromatic carbocycles. The summed E-state index contributed by atoms with van der Waals surface area (Å²) in [4.78, 5) is 0. The van der Waals surface area contributed by atoms with Crippen molar-refractivity contribution < 1.29 is 4.74 Å². The van der Waals surface area contributed by atoms with E-state index >= 15 is 0 Å². The maximum absolute atomic E-state index is 5.76. The summed E-state index contributed by atoms with van der Waals surface area (Å²) in [7, 11) is 0. The molecule has 0 N–H and O–H groups in total. The molecule has 0 rings (SSSR count). The molecule has 0 unspecified atom stereocenters. The smallest absolute Gasteiger partial charge is 0.0836 e. The zero-order chi connectivity index (χ0) is 29.6. The van der Waals surface area contributed by atoms with Gasteiger partial charge in [0.2, 0.25) is 0 Å². The third kappa shape index (κ3) is 40.0. The van der Waals surface area contributed by atoms with Crippen molar-refractivity contribution in [3.8, 4) is 0 Å².